The molecular formula is C12H21NO4. The molecule has 4 atom stereocenters. The molecule has 1 aliphatic carbocycles. The van der Waals surface area contributed by atoms with E-state index in [2.05, 4.69) is 5.32 Å². The van der Waals surface area contributed by atoms with Crippen molar-refractivity contribution in [1.29, 1.82) is 0 Å². The quantitative estimate of drug-likeness (QED) is 0.660. The van der Waals surface area contributed by atoms with Crippen LogP contribution in [0.15, 0.2) is 0 Å². The second-order valence-electron chi connectivity index (χ2n) is 4.89. The summed E-state index contributed by atoms with van der Waals surface area (Å²) in [5.74, 6) is -1.84. The van der Waals surface area contributed by atoms with E-state index in [-0.39, 0.29) is 12.5 Å². The predicted molar refractivity (Wildman–Crippen MR) is 62.3 cm³/mol. The summed E-state index contributed by atoms with van der Waals surface area (Å²) < 4.78 is 0. The zero-order valence-corrected chi connectivity index (χ0v) is 10.3. The summed E-state index contributed by atoms with van der Waals surface area (Å²) in [4.78, 5) is 22.9. The Bertz CT molecular complexity index is 290. The zero-order valence-electron chi connectivity index (χ0n) is 10.3. The molecule has 1 saturated carbocycles. The van der Waals surface area contributed by atoms with Crippen LogP contribution in [0.3, 0.4) is 0 Å². The highest BCUT2D eigenvalue weighted by atomic mass is 16.4. The van der Waals surface area contributed by atoms with Crippen molar-refractivity contribution in [2.75, 3.05) is 6.54 Å². The fraction of sp³-hybridized carbons (Fsp3) is 0.833. The lowest BCUT2D eigenvalue weighted by molar-refractivity contribution is -0.146. The molecule has 0 spiro atoms. The van der Waals surface area contributed by atoms with E-state index in [1.165, 1.54) is 0 Å². The van der Waals surface area contributed by atoms with E-state index in [0.717, 1.165) is 6.42 Å². The van der Waals surface area contributed by atoms with Crippen molar-refractivity contribution in [2.24, 2.45) is 17.8 Å². The van der Waals surface area contributed by atoms with Gasteiger partial charge in [-0.15, -0.1) is 0 Å². The Morgan fingerprint density at radius 1 is 1.35 bits per heavy atom. The summed E-state index contributed by atoms with van der Waals surface area (Å²) in [7, 11) is 0. The van der Waals surface area contributed by atoms with Gasteiger partial charge in [-0.3, -0.25) is 9.59 Å². The van der Waals surface area contributed by atoms with E-state index in [4.69, 9.17) is 10.2 Å². The highest BCUT2D eigenvalue weighted by molar-refractivity contribution is 5.85. The van der Waals surface area contributed by atoms with Crippen LogP contribution >= 0.6 is 0 Å². The minimum Gasteiger partial charge on any atom is -0.481 e. The van der Waals surface area contributed by atoms with E-state index in [1.54, 1.807) is 6.92 Å². The highest BCUT2D eigenvalue weighted by Crippen LogP contribution is 2.38. The molecule has 1 rings (SSSR count). The number of aliphatic carboxylic acids is 1. The van der Waals surface area contributed by atoms with Crippen molar-refractivity contribution < 1.29 is 19.8 Å². The third kappa shape index (κ3) is 3.70. The molecule has 0 saturated heterocycles. The smallest absolute Gasteiger partial charge is 0.307 e. The van der Waals surface area contributed by atoms with Crippen molar-refractivity contribution >= 4 is 11.9 Å². The average molecular weight is 243 g/mol. The van der Waals surface area contributed by atoms with Crippen molar-refractivity contribution in [3.05, 3.63) is 0 Å². The Morgan fingerprint density at radius 2 is 1.94 bits per heavy atom. The molecule has 0 aromatic carbocycles. The number of rotatable bonds is 5. The first-order chi connectivity index (χ1) is 7.95. The Hall–Kier alpha value is -1.10. The number of hydrogen-bond donors (Lipinski definition) is 3. The van der Waals surface area contributed by atoms with Gasteiger partial charge in [0.25, 0.3) is 0 Å². The van der Waals surface area contributed by atoms with Gasteiger partial charge < -0.3 is 15.5 Å². The Balaban J connectivity index is 2.60. The van der Waals surface area contributed by atoms with Gasteiger partial charge >= 0.3 is 5.97 Å². The zero-order chi connectivity index (χ0) is 13.0. The lowest BCUT2D eigenvalue weighted by Gasteiger charge is -2.16. The van der Waals surface area contributed by atoms with Gasteiger partial charge in [-0.25, -0.2) is 0 Å². The van der Waals surface area contributed by atoms with Crippen LogP contribution in [-0.4, -0.2) is 34.7 Å². The number of hydrogen-bond acceptors (Lipinski definition) is 3. The molecule has 3 N–H and O–H groups in total. The first-order valence-electron chi connectivity index (χ1n) is 6.14. The first kappa shape index (κ1) is 14.0. The molecule has 5 nitrogen and oxygen atoms in total. The number of carboxylic acid groups (broad SMARTS) is 1. The first-order valence-corrected chi connectivity index (χ1v) is 6.14. The van der Waals surface area contributed by atoms with E-state index in [0.29, 0.717) is 18.8 Å². The number of carboxylic acids is 1. The van der Waals surface area contributed by atoms with E-state index in [9.17, 15) is 9.59 Å². The van der Waals surface area contributed by atoms with Crippen LogP contribution < -0.4 is 5.32 Å². The molecule has 1 aliphatic rings. The molecule has 0 aromatic rings. The fourth-order valence-electron chi connectivity index (χ4n) is 2.42. The lowest BCUT2D eigenvalue weighted by Crippen LogP contribution is -2.38. The number of carbonyl (C=O) groups is 2. The van der Waals surface area contributed by atoms with Crippen LogP contribution in [0.25, 0.3) is 0 Å². The topological polar surface area (TPSA) is 86.6 Å². The van der Waals surface area contributed by atoms with Crippen LogP contribution in [0.4, 0.5) is 0 Å². The molecule has 1 amide bonds. The molecule has 2 unspecified atom stereocenters. The summed E-state index contributed by atoms with van der Waals surface area (Å²) in [5, 5.41) is 20.8. The van der Waals surface area contributed by atoms with E-state index >= 15 is 0 Å². The minimum atomic E-state index is -0.891. The molecular weight excluding hydrogens is 222 g/mol. The number of aliphatic hydroxyl groups is 1. The molecule has 0 heterocycles. The minimum absolute atomic E-state index is 0.179. The molecule has 0 radical (unpaired) electrons. The van der Waals surface area contributed by atoms with Crippen LogP contribution in [-0.2, 0) is 9.59 Å². The lowest BCUT2D eigenvalue weighted by atomic mass is 9.95. The second kappa shape index (κ2) is 6.00. The number of nitrogens with one attached hydrogen (secondary N) is 1. The van der Waals surface area contributed by atoms with E-state index < -0.39 is 23.9 Å². The van der Waals surface area contributed by atoms with E-state index in [1.807, 2.05) is 6.92 Å². The fourth-order valence-corrected chi connectivity index (χ4v) is 2.42. The predicted octanol–water partition coefficient (Wildman–Crippen LogP) is 0.620. The van der Waals surface area contributed by atoms with Crippen LogP contribution in [0.5, 0.6) is 0 Å². The molecule has 17 heavy (non-hydrogen) atoms. The molecule has 5 heteroatoms. The van der Waals surface area contributed by atoms with Crippen molar-refractivity contribution in [3.8, 4) is 0 Å². The van der Waals surface area contributed by atoms with Gasteiger partial charge in [0, 0.05) is 6.54 Å². The van der Waals surface area contributed by atoms with Gasteiger partial charge in [-0.1, -0.05) is 13.3 Å². The van der Waals surface area contributed by atoms with Gasteiger partial charge in [-0.05, 0) is 25.7 Å². The molecule has 0 aromatic heterocycles. The standard InChI is InChI=1S/C12H21NO4/c1-3-8-4-9(10(5-8)12(16)17)11(15)13-6-7(2)14/h7-10,14H,3-6H2,1-2H3,(H,13,15)(H,16,17)/t7?,8?,9-,10+/m0/s1. The maximum absolute atomic E-state index is 11.8. The van der Waals surface area contributed by atoms with Gasteiger partial charge in [0.15, 0.2) is 0 Å². The largest absolute Gasteiger partial charge is 0.481 e. The summed E-state index contributed by atoms with van der Waals surface area (Å²) in [6, 6.07) is 0. The van der Waals surface area contributed by atoms with Crippen LogP contribution in [0, 0.1) is 17.8 Å². The molecule has 98 valence electrons. The normalized spacial score (nSPS) is 29.9. The molecule has 0 bridgehead atoms. The maximum atomic E-state index is 11.8. The summed E-state index contributed by atoms with van der Waals surface area (Å²) >= 11 is 0. The summed E-state index contributed by atoms with van der Waals surface area (Å²) in [5.41, 5.74) is 0. The third-order valence-corrected chi connectivity index (χ3v) is 3.46. The van der Waals surface area contributed by atoms with Crippen LogP contribution in [0.1, 0.15) is 33.1 Å². The Morgan fingerprint density at radius 3 is 2.41 bits per heavy atom. The van der Waals surface area contributed by atoms with Crippen molar-refractivity contribution in [3.63, 3.8) is 0 Å². The third-order valence-electron chi connectivity index (χ3n) is 3.46. The highest BCUT2D eigenvalue weighted by Gasteiger charge is 2.41. The van der Waals surface area contributed by atoms with Gasteiger partial charge in [0.05, 0.1) is 17.9 Å². The van der Waals surface area contributed by atoms with Gasteiger partial charge in [-0.2, -0.15) is 0 Å². The van der Waals surface area contributed by atoms with Crippen molar-refractivity contribution in [1.82, 2.24) is 5.32 Å². The molecule has 0 aliphatic heterocycles. The maximum Gasteiger partial charge on any atom is 0.307 e. The molecule has 1 fully saturated rings. The number of aliphatic hydroxyl groups excluding tert-OH is 1. The van der Waals surface area contributed by atoms with Gasteiger partial charge in [0.2, 0.25) is 5.91 Å². The number of carbonyl (C=O) groups excluding carboxylic acids is 1. The Kier molecular flexibility index (Phi) is 4.93. The summed E-state index contributed by atoms with van der Waals surface area (Å²) in [6.07, 6.45) is 1.52. The van der Waals surface area contributed by atoms with Gasteiger partial charge in [0.1, 0.15) is 0 Å². The van der Waals surface area contributed by atoms with Crippen LogP contribution in [0.2, 0.25) is 0 Å². The summed E-state index contributed by atoms with van der Waals surface area (Å²) in [6.45, 7) is 3.77. The monoisotopic (exact) mass is 243 g/mol. The second-order valence-corrected chi connectivity index (χ2v) is 4.89. The SMILES string of the molecule is CCC1C[C@H](C(=O)NCC(C)O)[C@H](C(=O)O)C1. The average Bonchev–Trinajstić information content (AvgIpc) is 2.69. The Labute approximate surface area is 101 Å². The van der Waals surface area contributed by atoms with Crippen molar-refractivity contribution in [2.45, 2.75) is 39.2 Å². The number of amides is 1.